The first kappa shape index (κ1) is 13.9. The van der Waals surface area contributed by atoms with Crippen molar-refractivity contribution in [3.63, 3.8) is 0 Å². The molecule has 0 heterocycles. The lowest BCUT2D eigenvalue weighted by molar-refractivity contribution is -0.0190. The van der Waals surface area contributed by atoms with E-state index in [0.29, 0.717) is 25.2 Å². The van der Waals surface area contributed by atoms with Crippen LogP contribution in [0.4, 0.5) is 0 Å². The van der Waals surface area contributed by atoms with Gasteiger partial charge in [-0.05, 0) is 31.1 Å². The molecule has 16 heavy (non-hydrogen) atoms. The summed E-state index contributed by atoms with van der Waals surface area (Å²) in [6.07, 6.45) is 3.35. The number of aliphatic hydroxyl groups excluding tert-OH is 3. The normalized spacial score (nSPS) is 29.8. The van der Waals surface area contributed by atoms with E-state index in [2.05, 4.69) is 6.92 Å². The highest BCUT2D eigenvalue weighted by molar-refractivity contribution is 4.89. The van der Waals surface area contributed by atoms with Gasteiger partial charge in [0.2, 0.25) is 0 Å². The van der Waals surface area contributed by atoms with Crippen molar-refractivity contribution in [1.82, 2.24) is 0 Å². The van der Waals surface area contributed by atoms with Gasteiger partial charge in [-0.3, -0.25) is 0 Å². The van der Waals surface area contributed by atoms with Crippen molar-refractivity contribution in [1.29, 1.82) is 0 Å². The first-order chi connectivity index (χ1) is 7.58. The van der Waals surface area contributed by atoms with Crippen molar-refractivity contribution in [2.24, 2.45) is 11.8 Å². The van der Waals surface area contributed by atoms with Crippen molar-refractivity contribution in [3.05, 3.63) is 0 Å². The zero-order valence-corrected chi connectivity index (χ0v) is 10.5. The topological polar surface area (TPSA) is 60.7 Å². The SMILES string of the molecule is CCCC1CC1C[C@@H](O)[C@H](O)C[C@@H](O)CC. The average molecular weight is 230 g/mol. The van der Waals surface area contributed by atoms with Gasteiger partial charge in [-0.1, -0.05) is 26.7 Å². The second-order valence-corrected chi connectivity index (χ2v) is 5.21. The molecule has 3 heteroatoms. The minimum atomic E-state index is -0.766. The van der Waals surface area contributed by atoms with Crippen molar-refractivity contribution in [2.45, 2.75) is 70.7 Å². The van der Waals surface area contributed by atoms with E-state index in [9.17, 15) is 15.3 Å². The van der Waals surface area contributed by atoms with Crippen LogP contribution in [-0.4, -0.2) is 33.6 Å². The van der Waals surface area contributed by atoms with E-state index in [-0.39, 0.29) is 0 Å². The molecule has 1 fully saturated rings. The van der Waals surface area contributed by atoms with Crippen LogP contribution in [0.1, 0.15) is 52.4 Å². The lowest BCUT2D eigenvalue weighted by Gasteiger charge is -2.20. The number of hydrogen-bond acceptors (Lipinski definition) is 3. The van der Waals surface area contributed by atoms with Crippen LogP contribution in [0.25, 0.3) is 0 Å². The molecule has 1 rings (SSSR count). The number of aliphatic hydroxyl groups is 3. The Morgan fingerprint density at radius 2 is 1.75 bits per heavy atom. The largest absolute Gasteiger partial charge is 0.393 e. The smallest absolute Gasteiger partial charge is 0.0823 e. The number of rotatable bonds is 8. The Bertz CT molecular complexity index is 196. The molecule has 1 aliphatic rings. The third kappa shape index (κ3) is 4.40. The van der Waals surface area contributed by atoms with Gasteiger partial charge in [-0.2, -0.15) is 0 Å². The molecule has 0 aliphatic heterocycles. The predicted molar refractivity (Wildman–Crippen MR) is 64.1 cm³/mol. The van der Waals surface area contributed by atoms with E-state index in [1.807, 2.05) is 6.92 Å². The molecule has 5 atom stereocenters. The van der Waals surface area contributed by atoms with Crippen LogP contribution in [0.15, 0.2) is 0 Å². The van der Waals surface area contributed by atoms with E-state index in [1.165, 1.54) is 19.3 Å². The summed E-state index contributed by atoms with van der Waals surface area (Å²) in [5, 5.41) is 28.9. The monoisotopic (exact) mass is 230 g/mol. The zero-order valence-electron chi connectivity index (χ0n) is 10.5. The van der Waals surface area contributed by atoms with Gasteiger partial charge in [0.25, 0.3) is 0 Å². The molecule has 0 amide bonds. The summed E-state index contributed by atoms with van der Waals surface area (Å²) in [6.45, 7) is 4.06. The summed E-state index contributed by atoms with van der Waals surface area (Å²) in [5.41, 5.74) is 0. The van der Waals surface area contributed by atoms with Gasteiger partial charge in [0.15, 0.2) is 0 Å². The van der Waals surface area contributed by atoms with Crippen LogP contribution in [0.2, 0.25) is 0 Å². The van der Waals surface area contributed by atoms with Gasteiger partial charge in [0, 0.05) is 6.42 Å². The molecule has 1 aliphatic carbocycles. The summed E-state index contributed by atoms with van der Waals surface area (Å²) < 4.78 is 0. The molecule has 0 aromatic rings. The minimum Gasteiger partial charge on any atom is -0.393 e. The van der Waals surface area contributed by atoms with Crippen LogP contribution >= 0.6 is 0 Å². The summed E-state index contributed by atoms with van der Waals surface area (Å²) >= 11 is 0. The molecular weight excluding hydrogens is 204 g/mol. The fourth-order valence-electron chi connectivity index (χ4n) is 2.39. The summed E-state index contributed by atoms with van der Waals surface area (Å²) in [5.74, 6) is 1.37. The Hall–Kier alpha value is -0.120. The molecule has 0 aromatic carbocycles. The van der Waals surface area contributed by atoms with Gasteiger partial charge >= 0.3 is 0 Å². The van der Waals surface area contributed by atoms with Crippen molar-refractivity contribution < 1.29 is 15.3 Å². The van der Waals surface area contributed by atoms with Crippen LogP contribution in [0.3, 0.4) is 0 Å². The highest BCUT2D eigenvalue weighted by atomic mass is 16.3. The van der Waals surface area contributed by atoms with Gasteiger partial charge in [-0.15, -0.1) is 0 Å². The summed E-state index contributed by atoms with van der Waals surface area (Å²) in [7, 11) is 0. The molecule has 96 valence electrons. The van der Waals surface area contributed by atoms with Gasteiger partial charge in [0.1, 0.15) is 0 Å². The van der Waals surface area contributed by atoms with Crippen LogP contribution in [-0.2, 0) is 0 Å². The Labute approximate surface area is 98.5 Å². The minimum absolute atomic E-state index is 0.294. The molecule has 0 radical (unpaired) electrons. The maximum Gasteiger partial charge on any atom is 0.0823 e. The highest BCUT2D eigenvalue weighted by Crippen LogP contribution is 2.45. The van der Waals surface area contributed by atoms with E-state index >= 15 is 0 Å². The quantitative estimate of drug-likeness (QED) is 0.595. The van der Waals surface area contributed by atoms with E-state index in [0.717, 1.165) is 5.92 Å². The van der Waals surface area contributed by atoms with Crippen molar-refractivity contribution >= 4 is 0 Å². The summed E-state index contributed by atoms with van der Waals surface area (Å²) in [4.78, 5) is 0. The van der Waals surface area contributed by atoms with E-state index in [1.54, 1.807) is 0 Å². The highest BCUT2D eigenvalue weighted by Gasteiger charge is 2.38. The molecule has 2 unspecified atom stereocenters. The van der Waals surface area contributed by atoms with Crippen LogP contribution in [0.5, 0.6) is 0 Å². The molecule has 3 N–H and O–H groups in total. The second-order valence-electron chi connectivity index (χ2n) is 5.21. The molecule has 3 nitrogen and oxygen atoms in total. The molecule has 0 aromatic heterocycles. The third-order valence-corrected chi connectivity index (χ3v) is 3.70. The molecule has 1 saturated carbocycles. The molecule has 0 bridgehead atoms. The molecule has 0 spiro atoms. The second kappa shape index (κ2) is 6.58. The first-order valence-corrected chi connectivity index (χ1v) is 6.62. The van der Waals surface area contributed by atoms with Gasteiger partial charge in [0.05, 0.1) is 18.3 Å². The third-order valence-electron chi connectivity index (χ3n) is 3.70. The predicted octanol–water partition coefficient (Wildman–Crippen LogP) is 1.70. The maximum atomic E-state index is 9.80. The lowest BCUT2D eigenvalue weighted by atomic mass is 10.00. The molecular formula is C13H26O3. The Kier molecular flexibility index (Phi) is 5.73. The van der Waals surface area contributed by atoms with Crippen LogP contribution < -0.4 is 0 Å². The summed E-state index contributed by atoms with van der Waals surface area (Å²) in [6, 6.07) is 0. The van der Waals surface area contributed by atoms with Crippen LogP contribution in [0, 0.1) is 11.8 Å². The maximum absolute atomic E-state index is 9.80. The van der Waals surface area contributed by atoms with Gasteiger partial charge < -0.3 is 15.3 Å². The Balaban J connectivity index is 2.17. The Morgan fingerprint density at radius 3 is 2.31 bits per heavy atom. The lowest BCUT2D eigenvalue weighted by Crippen LogP contribution is -2.30. The van der Waals surface area contributed by atoms with Crippen molar-refractivity contribution in [3.8, 4) is 0 Å². The molecule has 0 saturated heterocycles. The zero-order chi connectivity index (χ0) is 12.1. The van der Waals surface area contributed by atoms with E-state index < -0.39 is 18.3 Å². The Morgan fingerprint density at radius 1 is 1.06 bits per heavy atom. The average Bonchev–Trinajstić information content (AvgIpc) is 2.96. The number of hydrogen-bond donors (Lipinski definition) is 3. The van der Waals surface area contributed by atoms with Crippen molar-refractivity contribution in [2.75, 3.05) is 0 Å². The van der Waals surface area contributed by atoms with E-state index in [4.69, 9.17) is 0 Å². The standard InChI is InChI=1S/C13H26O3/c1-3-5-9-6-10(9)7-12(15)13(16)8-11(14)4-2/h9-16H,3-8H2,1-2H3/t9?,10?,11-,12+,13+/m0/s1. The fraction of sp³-hybridized carbons (Fsp3) is 1.00. The first-order valence-electron chi connectivity index (χ1n) is 6.62. The van der Waals surface area contributed by atoms with Gasteiger partial charge in [-0.25, -0.2) is 0 Å². The fourth-order valence-corrected chi connectivity index (χ4v) is 2.39.